The second-order valence-electron chi connectivity index (χ2n) is 3.95. The standard InChI is InChI=1S/C11H17N3O3S/c1-6-9(7(2)14-13-6)10(15)12-8(11(16)17)4-5-18-3/h8H,4-5H2,1-3H3,(H,12,15)(H,13,14)(H,16,17). The van der Waals surface area contributed by atoms with Crippen LogP contribution in [-0.4, -0.2) is 45.2 Å². The number of hydrogen-bond donors (Lipinski definition) is 3. The van der Waals surface area contributed by atoms with Crippen LogP contribution in [0.2, 0.25) is 0 Å². The van der Waals surface area contributed by atoms with E-state index in [1.54, 1.807) is 25.6 Å². The lowest BCUT2D eigenvalue weighted by atomic mass is 10.1. The van der Waals surface area contributed by atoms with Gasteiger partial charge in [0, 0.05) is 5.69 Å². The first-order chi connectivity index (χ1) is 8.47. The maximum absolute atomic E-state index is 12.0. The van der Waals surface area contributed by atoms with Crippen molar-refractivity contribution in [2.24, 2.45) is 0 Å². The number of carbonyl (C=O) groups excluding carboxylic acids is 1. The van der Waals surface area contributed by atoms with Gasteiger partial charge in [-0.05, 0) is 32.3 Å². The molecule has 7 heteroatoms. The molecule has 0 radical (unpaired) electrons. The molecule has 1 unspecified atom stereocenters. The molecule has 0 aliphatic carbocycles. The van der Waals surface area contributed by atoms with Crippen molar-refractivity contribution < 1.29 is 14.7 Å². The molecule has 0 aliphatic rings. The Hall–Kier alpha value is -1.50. The Bertz CT molecular complexity index is 425. The summed E-state index contributed by atoms with van der Waals surface area (Å²) >= 11 is 1.55. The highest BCUT2D eigenvalue weighted by atomic mass is 32.2. The van der Waals surface area contributed by atoms with Crippen molar-refractivity contribution in [3.05, 3.63) is 17.0 Å². The molecule has 1 heterocycles. The summed E-state index contributed by atoms with van der Waals surface area (Å²) in [6, 6.07) is -0.862. The molecule has 0 aliphatic heterocycles. The van der Waals surface area contributed by atoms with Crippen molar-refractivity contribution in [1.82, 2.24) is 15.5 Å². The van der Waals surface area contributed by atoms with Crippen LogP contribution in [0, 0.1) is 13.8 Å². The van der Waals surface area contributed by atoms with E-state index >= 15 is 0 Å². The number of aryl methyl sites for hydroxylation is 2. The molecule has 18 heavy (non-hydrogen) atoms. The molecule has 0 spiro atoms. The fourth-order valence-electron chi connectivity index (χ4n) is 1.61. The highest BCUT2D eigenvalue weighted by molar-refractivity contribution is 7.98. The van der Waals surface area contributed by atoms with Crippen molar-refractivity contribution in [3.8, 4) is 0 Å². The highest BCUT2D eigenvalue weighted by Crippen LogP contribution is 2.10. The molecular formula is C11H17N3O3S. The number of thioether (sulfide) groups is 1. The zero-order valence-corrected chi connectivity index (χ0v) is 11.4. The molecule has 1 amide bonds. The number of carboxylic acids is 1. The van der Waals surface area contributed by atoms with E-state index in [9.17, 15) is 9.59 Å². The van der Waals surface area contributed by atoms with Gasteiger partial charge in [-0.1, -0.05) is 0 Å². The quantitative estimate of drug-likeness (QED) is 0.716. The predicted molar refractivity (Wildman–Crippen MR) is 70.0 cm³/mol. The fourth-order valence-corrected chi connectivity index (χ4v) is 2.08. The Morgan fingerprint density at radius 3 is 2.61 bits per heavy atom. The summed E-state index contributed by atoms with van der Waals surface area (Å²) in [5, 5.41) is 18.2. The molecule has 0 fully saturated rings. The van der Waals surface area contributed by atoms with Gasteiger partial charge in [-0.25, -0.2) is 4.79 Å². The summed E-state index contributed by atoms with van der Waals surface area (Å²) in [6.45, 7) is 3.43. The Morgan fingerprint density at radius 1 is 1.50 bits per heavy atom. The monoisotopic (exact) mass is 271 g/mol. The molecule has 6 nitrogen and oxygen atoms in total. The SMILES string of the molecule is CSCCC(NC(=O)c1c(C)n[nH]c1C)C(=O)O. The van der Waals surface area contributed by atoms with Gasteiger partial charge in [0.05, 0.1) is 11.3 Å². The van der Waals surface area contributed by atoms with Gasteiger partial charge in [0.25, 0.3) is 5.91 Å². The fraction of sp³-hybridized carbons (Fsp3) is 0.545. The third kappa shape index (κ3) is 3.49. The number of aromatic nitrogens is 2. The summed E-state index contributed by atoms with van der Waals surface area (Å²) in [5.41, 5.74) is 1.63. The van der Waals surface area contributed by atoms with Crippen molar-refractivity contribution in [2.45, 2.75) is 26.3 Å². The van der Waals surface area contributed by atoms with E-state index < -0.39 is 17.9 Å². The predicted octanol–water partition coefficient (Wildman–Crippen LogP) is 0.963. The van der Waals surface area contributed by atoms with Crippen molar-refractivity contribution >= 4 is 23.6 Å². The maximum Gasteiger partial charge on any atom is 0.326 e. The van der Waals surface area contributed by atoms with Crippen LogP contribution >= 0.6 is 11.8 Å². The number of aromatic amines is 1. The summed E-state index contributed by atoms with van der Waals surface area (Å²) in [4.78, 5) is 23.0. The van der Waals surface area contributed by atoms with Crippen LogP contribution in [0.15, 0.2) is 0 Å². The number of hydrogen-bond acceptors (Lipinski definition) is 4. The first-order valence-corrected chi connectivity index (χ1v) is 6.91. The minimum absolute atomic E-state index is 0.396. The second-order valence-corrected chi connectivity index (χ2v) is 4.94. The lowest BCUT2D eigenvalue weighted by Crippen LogP contribution is -2.41. The normalized spacial score (nSPS) is 12.2. The van der Waals surface area contributed by atoms with Crippen LogP contribution in [-0.2, 0) is 4.79 Å². The van der Waals surface area contributed by atoms with Crippen LogP contribution < -0.4 is 5.32 Å². The van der Waals surface area contributed by atoms with Gasteiger partial charge in [0.1, 0.15) is 6.04 Å². The molecule has 0 aromatic carbocycles. The van der Waals surface area contributed by atoms with Crippen molar-refractivity contribution in [3.63, 3.8) is 0 Å². The van der Waals surface area contributed by atoms with Gasteiger partial charge in [-0.3, -0.25) is 9.89 Å². The maximum atomic E-state index is 12.0. The molecule has 0 saturated heterocycles. The number of nitrogens with one attached hydrogen (secondary N) is 2. The molecular weight excluding hydrogens is 254 g/mol. The minimum atomic E-state index is -1.02. The first-order valence-electron chi connectivity index (χ1n) is 5.51. The smallest absolute Gasteiger partial charge is 0.326 e. The molecule has 100 valence electrons. The van der Waals surface area contributed by atoms with E-state index in [0.29, 0.717) is 29.1 Å². The van der Waals surface area contributed by atoms with Crippen LogP contribution in [0.4, 0.5) is 0 Å². The van der Waals surface area contributed by atoms with Crippen LogP contribution in [0.5, 0.6) is 0 Å². The summed E-state index contributed by atoms with van der Waals surface area (Å²) in [5.74, 6) is -0.732. The number of nitrogens with zero attached hydrogens (tertiary/aromatic N) is 1. The minimum Gasteiger partial charge on any atom is -0.480 e. The Kier molecular flexibility index (Phi) is 5.21. The molecule has 1 atom stereocenters. The summed E-state index contributed by atoms with van der Waals surface area (Å²) < 4.78 is 0. The highest BCUT2D eigenvalue weighted by Gasteiger charge is 2.23. The Balaban J connectivity index is 2.75. The largest absolute Gasteiger partial charge is 0.480 e. The van der Waals surface area contributed by atoms with Crippen LogP contribution in [0.1, 0.15) is 28.2 Å². The third-order valence-electron chi connectivity index (χ3n) is 2.57. The van der Waals surface area contributed by atoms with Gasteiger partial charge in [-0.2, -0.15) is 16.9 Å². The molecule has 1 aromatic heterocycles. The number of amides is 1. The number of H-pyrrole nitrogens is 1. The van der Waals surface area contributed by atoms with E-state index in [4.69, 9.17) is 5.11 Å². The molecule has 3 N–H and O–H groups in total. The van der Waals surface area contributed by atoms with Crippen molar-refractivity contribution in [2.75, 3.05) is 12.0 Å². The zero-order chi connectivity index (χ0) is 13.7. The molecule has 0 saturated carbocycles. The second kappa shape index (κ2) is 6.44. The summed E-state index contributed by atoms with van der Waals surface area (Å²) in [7, 11) is 0. The van der Waals surface area contributed by atoms with E-state index in [-0.39, 0.29) is 0 Å². The number of aliphatic carboxylic acids is 1. The zero-order valence-electron chi connectivity index (χ0n) is 10.6. The van der Waals surface area contributed by atoms with E-state index in [2.05, 4.69) is 15.5 Å². The van der Waals surface area contributed by atoms with E-state index in [1.165, 1.54) is 0 Å². The first kappa shape index (κ1) is 14.6. The topological polar surface area (TPSA) is 95.1 Å². The van der Waals surface area contributed by atoms with Crippen LogP contribution in [0.25, 0.3) is 0 Å². The van der Waals surface area contributed by atoms with Gasteiger partial charge in [0.2, 0.25) is 0 Å². The average molecular weight is 271 g/mol. The lowest BCUT2D eigenvalue weighted by molar-refractivity contribution is -0.139. The van der Waals surface area contributed by atoms with Crippen molar-refractivity contribution in [1.29, 1.82) is 0 Å². The van der Waals surface area contributed by atoms with Gasteiger partial charge < -0.3 is 10.4 Å². The number of carbonyl (C=O) groups is 2. The van der Waals surface area contributed by atoms with E-state index in [1.807, 2.05) is 6.26 Å². The molecule has 0 bridgehead atoms. The lowest BCUT2D eigenvalue weighted by Gasteiger charge is -2.13. The van der Waals surface area contributed by atoms with Gasteiger partial charge in [-0.15, -0.1) is 0 Å². The van der Waals surface area contributed by atoms with Crippen LogP contribution in [0.3, 0.4) is 0 Å². The third-order valence-corrected chi connectivity index (χ3v) is 3.21. The number of carboxylic acid groups (broad SMARTS) is 1. The number of rotatable bonds is 6. The molecule has 1 rings (SSSR count). The Morgan fingerprint density at radius 2 is 2.17 bits per heavy atom. The summed E-state index contributed by atoms with van der Waals surface area (Å²) in [6.07, 6.45) is 2.29. The molecule has 1 aromatic rings. The van der Waals surface area contributed by atoms with E-state index in [0.717, 1.165) is 0 Å². The van der Waals surface area contributed by atoms with Gasteiger partial charge >= 0.3 is 5.97 Å². The Labute approximate surface area is 110 Å². The van der Waals surface area contributed by atoms with Gasteiger partial charge in [0.15, 0.2) is 0 Å². The average Bonchev–Trinajstić information content (AvgIpc) is 2.63.